The fourth-order valence-electron chi connectivity index (χ4n) is 4.03. The summed E-state index contributed by atoms with van der Waals surface area (Å²) in [5.74, 6) is 1.16. The third-order valence-corrected chi connectivity index (χ3v) is 5.17. The summed E-state index contributed by atoms with van der Waals surface area (Å²) in [5, 5.41) is 0. The normalized spacial score (nSPS) is 26.7. The Balaban J connectivity index is 1.68. The van der Waals surface area contributed by atoms with Gasteiger partial charge in [-0.3, -0.25) is 0 Å². The molecule has 0 saturated carbocycles. The molecule has 2 aliphatic rings. The Morgan fingerprint density at radius 1 is 1.26 bits per heavy atom. The standard InChI is InChI=1S/C18H26N4O/c1-21-10-5-6-14(13-21)22-17(12-15-7-2-3-11-23-15)20-16-8-4-9-19-18(16)22/h4,8-9,14-15H,2-3,5-7,10-13H2,1H3. The monoisotopic (exact) mass is 314 g/mol. The molecule has 2 unspecified atom stereocenters. The molecule has 2 aromatic heterocycles. The predicted octanol–water partition coefficient (Wildman–Crippen LogP) is 2.81. The van der Waals surface area contributed by atoms with Gasteiger partial charge in [0.25, 0.3) is 0 Å². The Hall–Kier alpha value is -1.46. The summed E-state index contributed by atoms with van der Waals surface area (Å²) < 4.78 is 8.36. The Bertz CT molecular complexity index is 662. The highest BCUT2D eigenvalue weighted by atomic mass is 16.5. The highest BCUT2D eigenvalue weighted by Gasteiger charge is 2.26. The van der Waals surface area contributed by atoms with Gasteiger partial charge >= 0.3 is 0 Å². The first-order valence-corrected chi connectivity index (χ1v) is 8.93. The average molecular weight is 314 g/mol. The van der Waals surface area contributed by atoms with E-state index >= 15 is 0 Å². The summed E-state index contributed by atoms with van der Waals surface area (Å²) in [6, 6.07) is 4.54. The van der Waals surface area contributed by atoms with E-state index in [9.17, 15) is 0 Å². The van der Waals surface area contributed by atoms with Crippen molar-refractivity contribution in [2.24, 2.45) is 0 Å². The molecule has 23 heavy (non-hydrogen) atoms. The predicted molar refractivity (Wildman–Crippen MR) is 90.6 cm³/mol. The van der Waals surface area contributed by atoms with Gasteiger partial charge in [0.2, 0.25) is 0 Å². The fourth-order valence-corrected chi connectivity index (χ4v) is 4.03. The summed E-state index contributed by atoms with van der Waals surface area (Å²) in [4.78, 5) is 12.0. The molecule has 0 N–H and O–H groups in total. The van der Waals surface area contributed by atoms with Gasteiger partial charge in [-0.15, -0.1) is 0 Å². The van der Waals surface area contributed by atoms with E-state index in [4.69, 9.17) is 9.72 Å². The number of hydrogen-bond donors (Lipinski definition) is 0. The first kappa shape index (κ1) is 15.1. The molecular formula is C18H26N4O. The van der Waals surface area contributed by atoms with Crippen LogP contribution in [0.5, 0.6) is 0 Å². The summed E-state index contributed by atoms with van der Waals surface area (Å²) in [5.41, 5.74) is 2.06. The van der Waals surface area contributed by atoms with Gasteiger partial charge in [0.1, 0.15) is 11.3 Å². The summed E-state index contributed by atoms with van der Waals surface area (Å²) in [6.45, 7) is 3.17. The molecule has 4 rings (SSSR count). The zero-order chi connectivity index (χ0) is 15.6. The topological polar surface area (TPSA) is 43.2 Å². The maximum atomic E-state index is 5.96. The lowest BCUT2D eigenvalue weighted by Crippen LogP contribution is -2.35. The number of likely N-dealkylation sites (tertiary alicyclic amines) is 1. The van der Waals surface area contributed by atoms with Crippen LogP contribution in [0.2, 0.25) is 0 Å². The zero-order valence-electron chi connectivity index (χ0n) is 13.9. The third kappa shape index (κ3) is 3.12. The van der Waals surface area contributed by atoms with Crippen molar-refractivity contribution in [3.63, 3.8) is 0 Å². The van der Waals surface area contributed by atoms with E-state index in [-0.39, 0.29) is 0 Å². The number of imidazole rings is 1. The summed E-state index contributed by atoms with van der Waals surface area (Å²) in [7, 11) is 2.21. The first-order valence-electron chi connectivity index (χ1n) is 8.93. The van der Waals surface area contributed by atoms with Crippen molar-refractivity contribution in [2.75, 3.05) is 26.7 Å². The van der Waals surface area contributed by atoms with Gasteiger partial charge in [-0.25, -0.2) is 9.97 Å². The number of likely N-dealkylation sites (N-methyl/N-ethyl adjacent to an activating group) is 1. The van der Waals surface area contributed by atoms with Crippen molar-refractivity contribution in [3.05, 3.63) is 24.2 Å². The van der Waals surface area contributed by atoms with Gasteiger partial charge in [-0.05, 0) is 57.8 Å². The number of aromatic nitrogens is 3. The minimum absolute atomic E-state index is 0.320. The van der Waals surface area contributed by atoms with Crippen LogP contribution in [0, 0.1) is 0 Å². The lowest BCUT2D eigenvalue weighted by Gasteiger charge is -2.32. The van der Waals surface area contributed by atoms with Gasteiger partial charge in [0, 0.05) is 31.8 Å². The molecule has 0 radical (unpaired) electrons. The van der Waals surface area contributed by atoms with Crippen LogP contribution in [0.15, 0.2) is 18.3 Å². The molecule has 2 aliphatic heterocycles. The van der Waals surface area contributed by atoms with Crippen LogP contribution in [0.4, 0.5) is 0 Å². The zero-order valence-corrected chi connectivity index (χ0v) is 13.9. The van der Waals surface area contributed by atoms with Gasteiger partial charge in [-0.1, -0.05) is 0 Å². The lowest BCUT2D eigenvalue weighted by molar-refractivity contribution is 0.0148. The van der Waals surface area contributed by atoms with Crippen molar-refractivity contribution in [1.82, 2.24) is 19.4 Å². The second-order valence-corrected chi connectivity index (χ2v) is 7.00. The van der Waals surface area contributed by atoms with E-state index in [0.29, 0.717) is 12.1 Å². The van der Waals surface area contributed by atoms with Gasteiger partial charge < -0.3 is 14.2 Å². The Morgan fingerprint density at radius 3 is 3.04 bits per heavy atom. The molecule has 5 nitrogen and oxygen atoms in total. The van der Waals surface area contributed by atoms with Crippen molar-refractivity contribution in [2.45, 2.75) is 50.7 Å². The number of nitrogens with zero attached hydrogens (tertiary/aromatic N) is 4. The summed E-state index contributed by atoms with van der Waals surface area (Å²) in [6.07, 6.45) is 9.20. The summed E-state index contributed by atoms with van der Waals surface area (Å²) >= 11 is 0. The highest BCUT2D eigenvalue weighted by Crippen LogP contribution is 2.28. The minimum Gasteiger partial charge on any atom is -0.378 e. The second kappa shape index (κ2) is 6.57. The van der Waals surface area contributed by atoms with Crippen LogP contribution in [-0.2, 0) is 11.2 Å². The van der Waals surface area contributed by atoms with E-state index in [1.54, 1.807) is 0 Å². The van der Waals surface area contributed by atoms with E-state index < -0.39 is 0 Å². The van der Waals surface area contributed by atoms with E-state index in [1.165, 1.54) is 32.2 Å². The molecule has 4 heterocycles. The molecule has 0 amide bonds. The number of fused-ring (bicyclic) bond motifs is 1. The van der Waals surface area contributed by atoms with E-state index in [0.717, 1.165) is 43.0 Å². The molecule has 2 aromatic rings. The minimum atomic E-state index is 0.320. The largest absolute Gasteiger partial charge is 0.378 e. The Morgan fingerprint density at radius 2 is 2.22 bits per heavy atom. The molecule has 0 bridgehead atoms. The number of ether oxygens (including phenoxy) is 1. The number of rotatable bonds is 3. The molecular weight excluding hydrogens is 288 g/mol. The molecule has 0 spiro atoms. The molecule has 2 atom stereocenters. The van der Waals surface area contributed by atoms with Gasteiger partial charge in [0.15, 0.2) is 5.65 Å². The molecule has 124 valence electrons. The Kier molecular flexibility index (Phi) is 4.31. The van der Waals surface area contributed by atoms with Crippen LogP contribution < -0.4 is 0 Å². The van der Waals surface area contributed by atoms with Crippen LogP contribution in [-0.4, -0.2) is 52.3 Å². The van der Waals surface area contributed by atoms with Crippen LogP contribution in [0.25, 0.3) is 11.2 Å². The molecule has 2 saturated heterocycles. The molecule has 5 heteroatoms. The second-order valence-electron chi connectivity index (χ2n) is 7.00. The Labute approximate surface area is 137 Å². The smallest absolute Gasteiger partial charge is 0.160 e. The third-order valence-electron chi connectivity index (χ3n) is 5.17. The SMILES string of the molecule is CN1CCCC(n2c(CC3CCCCO3)nc3cccnc32)C1. The molecule has 2 fully saturated rings. The van der Waals surface area contributed by atoms with E-state index in [1.807, 2.05) is 12.3 Å². The van der Waals surface area contributed by atoms with Crippen molar-refractivity contribution < 1.29 is 4.74 Å². The van der Waals surface area contributed by atoms with Crippen LogP contribution in [0.1, 0.15) is 44.0 Å². The van der Waals surface area contributed by atoms with Crippen LogP contribution in [0.3, 0.4) is 0 Å². The van der Waals surface area contributed by atoms with Crippen molar-refractivity contribution in [1.29, 1.82) is 0 Å². The molecule has 0 aromatic carbocycles. The van der Waals surface area contributed by atoms with Gasteiger partial charge in [-0.2, -0.15) is 0 Å². The number of piperidine rings is 1. The lowest BCUT2D eigenvalue weighted by atomic mass is 10.0. The highest BCUT2D eigenvalue weighted by molar-refractivity contribution is 5.71. The van der Waals surface area contributed by atoms with Gasteiger partial charge in [0.05, 0.1) is 6.10 Å². The van der Waals surface area contributed by atoms with Crippen molar-refractivity contribution in [3.8, 4) is 0 Å². The maximum absolute atomic E-state index is 5.96. The molecule has 0 aliphatic carbocycles. The first-order chi connectivity index (χ1) is 11.3. The maximum Gasteiger partial charge on any atom is 0.160 e. The van der Waals surface area contributed by atoms with E-state index in [2.05, 4.69) is 27.6 Å². The fraction of sp³-hybridized carbons (Fsp3) is 0.667. The number of pyridine rings is 1. The van der Waals surface area contributed by atoms with Crippen molar-refractivity contribution >= 4 is 11.2 Å². The quantitative estimate of drug-likeness (QED) is 0.874. The van der Waals surface area contributed by atoms with Crippen LogP contribution >= 0.6 is 0 Å². The number of hydrogen-bond acceptors (Lipinski definition) is 4. The average Bonchev–Trinajstić information content (AvgIpc) is 2.93.